The first-order chi connectivity index (χ1) is 7.75. The van der Waals surface area contributed by atoms with Gasteiger partial charge in [0.15, 0.2) is 0 Å². The molecule has 2 aliphatic heterocycles. The molecule has 0 aliphatic carbocycles. The lowest BCUT2D eigenvalue weighted by Gasteiger charge is -2.05. The standard InChI is InChI=1S/C12H12N2O2/c15-11(13-4-5-13)9-2-1-3-10(8-9)12(16)14-6-7-14/h1-3,8H,4-7H2. The average Bonchev–Trinajstić information content (AvgIpc) is 3.20. The maximum Gasteiger partial charge on any atom is 0.253 e. The summed E-state index contributed by atoms with van der Waals surface area (Å²) in [6.45, 7) is 3.35. The van der Waals surface area contributed by atoms with E-state index in [1.54, 1.807) is 34.1 Å². The first kappa shape index (κ1) is 9.39. The maximum atomic E-state index is 11.8. The van der Waals surface area contributed by atoms with Crippen molar-refractivity contribution in [1.82, 2.24) is 9.80 Å². The van der Waals surface area contributed by atoms with Crippen LogP contribution in [0.4, 0.5) is 0 Å². The van der Waals surface area contributed by atoms with Crippen LogP contribution >= 0.6 is 0 Å². The first-order valence-corrected chi connectivity index (χ1v) is 5.44. The summed E-state index contributed by atoms with van der Waals surface area (Å²) in [7, 11) is 0. The zero-order valence-electron chi connectivity index (χ0n) is 8.85. The number of amides is 2. The van der Waals surface area contributed by atoms with E-state index in [1.807, 2.05) is 0 Å². The van der Waals surface area contributed by atoms with Crippen molar-refractivity contribution in [2.75, 3.05) is 26.2 Å². The lowest BCUT2D eigenvalue weighted by molar-refractivity contribution is 0.0885. The van der Waals surface area contributed by atoms with E-state index in [9.17, 15) is 9.59 Å². The van der Waals surface area contributed by atoms with E-state index >= 15 is 0 Å². The van der Waals surface area contributed by atoms with Gasteiger partial charge in [-0.3, -0.25) is 9.59 Å². The van der Waals surface area contributed by atoms with E-state index in [1.165, 1.54) is 0 Å². The highest BCUT2D eigenvalue weighted by molar-refractivity contribution is 6.00. The second-order valence-electron chi connectivity index (χ2n) is 4.17. The van der Waals surface area contributed by atoms with Crippen LogP contribution in [-0.2, 0) is 0 Å². The molecule has 2 aliphatic rings. The Hall–Kier alpha value is -1.84. The van der Waals surface area contributed by atoms with Crippen molar-refractivity contribution in [3.8, 4) is 0 Å². The number of hydrogen-bond acceptors (Lipinski definition) is 2. The van der Waals surface area contributed by atoms with Gasteiger partial charge >= 0.3 is 0 Å². The zero-order chi connectivity index (χ0) is 11.1. The fourth-order valence-electron chi connectivity index (χ4n) is 1.66. The normalized spacial score (nSPS) is 17.2. The monoisotopic (exact) mass is 216 g/mol. The molecule has 0 aromatic heterocycles. The molecule has 4 nitrogen and oxygen atoms in total. The Balaban J connectivity index is 1.86. The molecule has 4 heteroatoms. The van der Waals surface area contributed by atoms with E-state index in [0.717, 1.165) is 26.2 Å². The molecular formula is C12H12N2O2. The lowest BCUT2D eigenvalue weighted by Crippen LogP contribution is -2.14. The van der Waals surface area contributed by atoms with Crippen LogP contribution in [0.2, 0.25) is 0 Å². The minimum atomic E-state index is 0.0282. The summed E-state index contributed by atoms with van der Waals surface area (Å²) < 4.78 is 0. The summed E-state index contributed by atoms with van der Waals surface area (Å²) in [4.78, 5) is 27.0. The van der Waals surface area contributed by atoms with Crippen LogP contribution in [0.15, 0.2) is 24.3 Å². The minimum absolute atomic E-state index is 0.0282. The molecule has 0 atom stereocenters. The molecule has 2 amide bonds. The molecular weight excluding hydrogens is 204 g/mol. The van der Waals surface area contributed by atoms with Crippen molar-refractivity contribution in [2.24, 2.45) is 0 Å². The highest BCUT2D eigenvalue weighted by Gasteiger charge is 2.28. The summed E-state index contributed by atoms with van der Waals surface area (Å²) in [6.07, 6.45) is 0. The molecule has 3 rings (SSSR count). The molecule has 0 saturated carbocycles. The van der Waals surface area contributed by atoms with E-state index < -0.39 is 0 Å². The quantitative estimate of drug-likeness (QED) is 0.679. The van der Waals surface area contributed by atoms with Crippen LogP contribution in [0.25, 0.3) is 0 Å². The van der Waals surface area contributed by atoms with Crippen LogP contribution in [0, 0.1) is 0 Å². The number of carbonyl (C=O) groups is 2. The third kappa shape index (κ3) is 1.66. The molecule has 2 heterocycles. The fraction of sp³-hybridized carbons (Fsp3) is 0.333. The minimum Gasteiger partial charge on any atom is -0.335 e. The Bertz CT molecular complexity index is 423. The highest BCUT2D eigenvalue weighted by atomic mass is 16.2. The summed E-state index contributed by atoms with van der Waals surface area (Å²) in [5.41, 5.74) is 1.23. The van der Waals surface area contributed by atoms with E-state index in [4.69, 9.17) is 0 Å². The van der Waals surface area contributed by atoms with Gasteiger partial charge in [-0.2, -0.15) is 0 Å². The third-order valence-corrected chi connectivity index (χ3v) is 2.83. The Kier molecular flexibility index (Phi) is 1.96. The number of hydrogen-bond donors (Lipinski definition) is 0. The van der Waals surface area contributed by atoms with E-state index in [2.05, 4.69) is 0 Å². The van der Waals surface area contributed by atoms with Crippen LogP contribution in [0.1, 0.15) is 20.7 Å². The molecule has 1 aromatic carbocycles. The number of benzene rings is 1. The van der Waals surface area contributed by atoms with Gasteiger partial charge in [0, 0.05) is 37.3 Å². The van der Waals surface area contributed by atoms with Gasteiger partial charge in [-0.1, -0.05) is 6.07 Å². The van der Waals surface area contributed by atoms with E-state index in [-0.39, 0.29) is 11.8 Å². The van der Waals surface area contributed by atoms with Gasteiger partial charge in [0.25, 0.3) is 11.8 Å². The summed E-state index contributed by atoms with van der Waals surface area (Å²) in [5, 5.41) is 0. The van der Waals surface area contributed by atoms with Crippen molar-refractivity contribution in [3.05, 3.63) is 35.4 Å². The molecule has 16 heavy (non-hydrogen) atoms. The van der Waals surface area contributed by atoms with E-state index in [0.29, 0.717) is 11.1 Å². The third-order valence-electron chi connectivity index (χ3n) is 2.83. The number of rotatable bonds is 2. The van der Waals surface area contributed by atoms with Crippen molar-refractivity contribution < 1.29 is 9.59 Å². The summed E-state index contributed by atoms with van der Waals surface area (Å²) >= 11 is 0. The van der Waals surface area contributed by atoms with Gasteiger partial charge in [0.2, 0.25) is 0 Å². The second-order valence-corrected chi connectivity index (χ2v) is 4.17. The maximum absolute atomic E-state index is 11.8. The predicted molar refractivity (Wildman–Crippen MR) is 58.2 cm³/mol. The molecule has 0 unspecified atom stereocenters. The molecule has 2 saturated heterocycles. The number of carbonyl (C=O) groups excluding carboxylic acids is 2. The zero-order valence-corrected chi connectivity index (χ0v) is 8.85. The van der Waals surface area contributed by atoms with Crippen molar-refractivity contribution in [3.63, 3.8) is 0 Å². The topological polar surface area (TPSA) is 40.2 Å². The predicted octanol–water partition coefficient (Wildman–Crippen LogP) is 0.598. The van der Waals surface area contributed by atoms with Gasteiger partial charge in [0.1, 0.15) is 0 Å². The molecule has 0 N–H and O–H groups in total. The van der Waals surface area contributed by atoms with Gasteiger partial charge in [-0.05, 0) is 18.2 Å². The lowest BCUT2D eigenvalue weighted by atomic mass is 10.1. The number of nitrogens with zero attached hydrogens (tertiary/aromatic N) is 2. The first-order valence-electron chi connectivity index (χ1n) is 5.44. The van der Waals surface area contributed by atoms with Gasteiger partial charge in [-0.25, -0.2) is 0 Å². The summed E-state index contributed by atoms with van der Waals surface area (Å²) in [5.74, 6) is 0.0564. The van der Waals surface area contributed by atoms with Crippen LogP contribution < -0.4 is 0 Å². The van der Waals surface area contributed by atoms with Gasteiger partial charge < -0.3 is 9.80 Å². The Labute approximate surface area is 93.5 Å². The van der Waals surface area contributed by atoms with Crippen molar-refractivity contribution >= 4 is 11.8 Å². The Morgan fingerprint density at radius 1 is 0.875 bits per heavy atom. The van der Waals surface area contributed by atoms with Crippen molar-refractivity contribution in [2.45, 2.75) is 0 Å². The smallest absolute Gasteiger partial charge is 0.253 e. The molecule has 2 fully saturated rings. The van der Waals surface area contributed by atoms with Crippen LogP contribution in [0.5, 0.6) is 0 Å². The molecule has 0 bridgehead atoms. The molecule has 0 spiro atoms. The van der Waals surface area contributed by atoms with Gasteiger partial charge in [-0.15, -0.1) is 0 Å². The molecule has 1 aromatic rings. The fourth-order valence-corrected chi connectivity index (χ4v) is 1.66. The average molecular weight is 216 g/mol. The SMILES string of the molecule is O=C(c1cccc(C(=O)N2CC2)c1)N1CC1. The Morgan fingerprint density at radius 2 is 1.31 bits per heavy atom. The van der Waals surface area contributed by atoms with Crippen LogP contribution in [0.3, 0.4) is 0 Å². The second kappa shape index (κ2) is 3.33. The highest BCUT2D eigenvalue weighted by Crippen LogP contribution is 2.16. The van der Waals surface area contributed by atoms with Crippen molar-refractivity contribution in [1.29, 1.82) is 0 Å². The summed E-state index contributed by atoms with van der Waals surface area (Å²) in [6, 6.07) is 6.99. The largest absolute Gasteiger partial charge is 0.335 e. The molecule has 0 radical (unpaired) electrons. The van der Waals surface area contributed by atoms with Gasteiger partial charge in [0.05, 0.1) is 0 Å². The Morgan fingerprint density at radius 3 is 1.69 bits per heavy atom. The van der Waals surface area contributed by atoms with Crippen LogP contribution in [-0.4, -0.2) is 47.8 Å². The molecule has 82 valence electrons.